The molecule has 6 nitrogen and oxygen atoms in total. The zero-order chi connectivity index (χ0) is 17.2. The number of carbonyl (C=O) groups is 1. The average molecular weight is 347 g/mol. The summed E-state index contributed by atoms with van der Waals surface area (Å²) in [4.78, 5) is 12.3. The molecule has 126 valence electrons. The predicted molar refractivity (Wildman–Crippen MR) is 88.2 cm³/mol. The van der Waals surface area contributed by atoms with Gasteiger partial charge in [-0.3, -0.25) is 4.79 Å². The zero-order valence-corrected chi connectivity index (χ0v) is 13.9. The summed E-state index contributed by atoms with van der Waals surface area (Å²) in [5, 5.41) is 2.77. The molecule has 3 rings (SSSR count). The Balaban J connectivity index is 1.70. The topological polar surface area (TPSA) is 81.7 Å². The van der Waals surface area contributed by atoms with E-state index in [1.807, 2.05) is 12.1 Å². The fourth-order valence-electron chi connectivity index (χ4n) is 2.35. The van der Waals surface area contributed by atoms with E-state index >= 15 is 0 Å². The Hall–Kier alpha value is -2.54. The highest BCUT2D eigenvalue weighted by Gasteiger charge is 2.14. The van der Waals surface area contributed by atoms with E-state index in [0.717, 1.165) is 11.8 Å². The number of benzene rings is 2. The smallest absolute Gasteiger partial charge is 0.251 e. The van der Waals surface area contributed by atoms with E-state index in [2.05, 4.69) is 5.32 Å². The first-order valence-corrected chi connectivity index (χ1v) is 9.29. The van der Waals surface area contributed by atoms with Crippen molar-refractivity contribution in [1.29, 1.82) is 0 Å². The van der Waals surface area contributed by atoms with Gasteiger partial charge in [-0.1, -0.05) is 12.1 Å². The number of hydrogen-bond donors (Lipinski definition) is 1. The van der Waals surface area contributed by atoms with Crippen LogP contribution in [-0.4, -0.2) is 33.8 Å². The van der Waals surface area contributed by atoms with Gasteiger partial charge >= 0.3 is 0 Å². The summed E-state index contributed by atoms with van der Waals surface area (Å²) in [6.07, 6.45) is 1.11. The van der Waals surface area contributed by atoms with Crippen molar-refractivity contribution in [3.05, 3.63) is 53.6 Å². The van der Waals surface area contributed by atoms with E-state index < -0.39 is 9.84 Å². The minimum atomic E-state index is -3.35. The molecule has 0 bridgehead atoms. The average Bonchev–Trinajstić information content (AvgIpc) is 2.59. The fourth-order valence-corrected chi connectivity index (χ4v) is 3.02. The third-order valence-electron chi connectivity index (χ3n) is 3.58. The van der Waals surface area contributed by atoms with Crippen LogP contribution in [0.5, 0.6) is 11.5 Å². The number of fused-ring (bicyclic) bond motifs is 1. The molecular weight excluding hydrogens is 330 g/mol. The summed E-state index contributed by atoms with van der Waals surface area (Å²) >= 11 is 0. The van der Waals surface area contributed by atoms with Crippen LogP contribution in [0.15, 0.2) is 47.4 Å². The van der Waals surface area contributed by atoms with Crippen LogP contribution in [0.2, 0.25) is 0 Å². The lowest BCUT2D eigenvalue weighted by Crippen LogP contribution is -2.23. The SMILES string of the molecule is CS(=O)(=O)c1cccc(C(=O)NCc2ccc3c(c2)OCCO3)c1. The van der Waals surface area contributed by atoms with Crippen molar-refractivity contribution in [1.82, 2.24) is 5.32 Å². The Morgan fingerprint density at radius 3 is 2.58 bits per heavy atom. The molecule has 1 aliphatic rings. The van der Waals surface area contributed by atoms with Gasteiger partial charge in [-0.2, -0.15) is 0 Å². The van der Waals surface area contributed by atoms with Crippen molar-refractivity contribution in [2.24, 2.45) is 0 Å². The molecule has 2 aromatic carbocycles. The highest BCUT2D eigenvalue weighted by atomic mass is 32.2. The maximum absolute atomic E-state index is 12.2. The Bertz CT molecular complexity index is 876. The van der Waals surface area contributed by atoms with Crippen LogP contribution in [0, 0.1) is 0 Å². The summed E-state index contributed by atoms with van der Waals surface area (Å²) in [6.45, 7) is 1.33. The highest BCUT2D eigenvalue weighted by Crippen LogP contribution is 2.30. The summed E-state index contributed by atoms with van der Waals surface area (Å²) < 4.78 is 34.1. The lowest BCUT2D eigenvalue weighted by Gasteiger charge is -2.19. The molecule has 0 aliphatic carbocycles. The van der Waals surface area contributed by atoms with E-state index in [0.29, 0.717) is 36.8 Å². The van der Waals surface area contributed by atoms with Crippen molar-refractivity contribution >= 4 is 15.7 Å². The van der Waals surface area contributed by atoms with Crippen LogP contribution in [0.1, 0.15) is 15.9 Å². The molecule has 0 fully saturated rings. The third kappa shape index (κ3) is 3.68. The number of hydrogen-bond acceptors (Lipinski definition) is 5. The number of ether oxygens (including phenoxy) is 2. The second-order valence-electron chi connectivity index (χ2n) is 5.46. The Morgan fingerprint density at radius 1 is 1.08 bits per heavy atom. The van der Waals surface area contributed by atoms with Gasteiger partial charge in [-0.15, -0.1) is 0 Å². The zero-order valence-electron chi connectivity index (χ0n) is 13.1. The van der Waals surface area contributed by atoms with Crippen LogP contribution in [-0.2, 0) is 16.4 Å². The molecule has 0 spiro atoms. The minimum absolute atomic E-state index is 0.120. The van der Waals surface area contributed by atoms with Crippen LogP contribution < -0.4 is 14.8 Å². The quantitative estimate of drug-likeness (QED) is 0.912. The Kier molecular flexibility index (Phi) is 4.44. The van der Waals surface area contributed by atoms with E-state index in [-0.39, 0.29) is 10.8 Å². The molecule has 1 heterocycles. The lowest BCUT2D eigenvalue weighted by atomic mass is 10.1. The van der Waals surface area contributed by atoms with E-state index in [4.69, 9.17) is 9.47 Å². The normalized spacial score (nSPS) is 13.4. The van der Waals surface area contributed by atoms with Gasteiger partial charge in [-0.25, -0.2) is 8.42 Å². The third-order valence-corrected chi connectivity index (χ3v) is 4.69. The molecule has 0 aromatic heterocycles. The molecule has 1 aliphatic heterocycles. The van der Waals surface area contributed by atoms with Crippen molar-refractivity contribution in [2.45, 2.75) is 11.4 Å². The van der Waals surface area contributed by atoms with Gasteiger partial charge in [0.15, 0.2) is 21.3 Å². The fraction of sp³-hybridized carbons (Fsp3) is 0.235. The molecule has 0 atom stereocenters. The van der Waals surface area contributed by atoms with Crippen LogP contribution in [0.25, 0.3) is 0 Å². The summed E-state index contributed by atoms with van der Waals surface area (Å²) in [6, 6.07) is 11.4. The first kappa shape index (κ1) is 16.3. The van der Waals surface area contributed by atoms with Gasteiger partial charge in [0.2, 0.25) is 0 Å². The Labute approximate surface area is 140 Å². The second kappa shape index (κ2) is 6.52. The summed E-state index contributed by atoms with van der Waals surface area (Å²) in [7, 11) is -3.35. The number of rotatable bonds is 4. The Morgan fingerprint density at radius 2 is 1.83 bits per heavy atom. The first-order chi connectivity index (χ1) is 11.4. The number of carbonyl (C=O) groups excluding carboxylic acids is 1. The van der Waals surface area contributed by atoms with Crippen LogP contribution in [0.4, 0.5) is 0 Å². The minimum Gasteiger partial charge on any atom is -0.486 e. The van der Waals surface area contributed by atoms with Gasteiger partial charge < -0.3 is 14.8 Å². The molecule has 2 aromatic rings. The van der Waals surface area contributed by atoms with Crippen molar-refractivity contribution in [3.63, 3.8) is 0 Å². The maximum atomic E-state index is 12.2. The van der Waals surface area contributed by atoms with Gasteiger partial charge in [0.25, 0.3) is 5.91 Å². The van der Waals surface area contributed by atoms with Gasteiger partial charge in [0, 0.05) is 18.4 Å². The number of nitrogens with one attached hydrogen (secondary N) is 1. The van der Waals surface area contributed by atoms with E-state index in [1.165, 1.54) is 12.1 Å². The van der Waals surface area contributed by atoms with Crippen molar-refractivity contribution in [2.75, 3.05) is 19.5 Å². The van der Waals surface area contributed by atoms with Crippen LogP contribution >= 0.6 is 0 Å². The standard InChI is InChI=1S/C17H17NO5S/c1-24(20,21)14-4-2-3-13(10-14)17(19)18-11-12-5-6-15-16(9-12)23-8-7-22-15/h2-6,9-10H,7-8,11H2,1H3,(H,18,19). The van der Waals surface area contributed by atoms with Gasteiger partial charge in [-0.05, 0) is 35.9 Å². The molecular formula is C17H17NO5S. The summed E-state index contributed by atoms with van der Waals surface area (Å²) in [5.41, 5.74) is 1.17. The van der Waals surface area contributed by atoms with E-state index in [9.17, 15) is 13.2 Å². The molecule has 0 unspecified atom stereocenters. The highest BCUT2D eigenvalue weighted by molar-refractivity contribution is 7.90. The van der Waals surface area contributed by atoms with Gasteiger partial charge in [0.05, 0.1) is 4.90 Å². The maximum Gasteiger partial charge on any atom is 0.251 e. The molecule has 1 amide bonds. The predicted octanol–water partition coefficient (Wildman–Crippen LogP) is 1.79. The van der Waals surface area contributed by atoms with Crippen molar-refractivity contribution < 1.29 is 22.7 Å². The molecule has 0 saturated heterocycles. The molecule has 7 heteroatoms. The number of amides is 1. The number of sulfone groups is 1. The van der Waals surface area contributed by atoms with Crippen LogP contribution in [0.3, 0.4) is 0 Å². The van der Waals surface area contributed by atoms with Crippen molar-refractivity contribution in [3.8, 4) is 11.5 Å². The largest absolute Gasteiger partial charge is 0.486 e. The summed E-state index contributed by atoms with van der Waals surface area (Å²) in [5.74, 6) is 1.01. The molecule has 24 heavy (non-hydrogen) atoms. The molecule has 0 radical (unpaired) electrons. The van der Waals surface area contributed by atoms with Gasteiger partial charge in [0.1, 0.15) is 13.2 Å². The lowest BCUT2D eigenvalue weighted by molar-refractivity contribution is 0.0950. The molecule has 1 N–H and O–H groups in total. The second-order valence-corrected chi connectivity index (χ2v) is 7.48. The monoisotopic (exact) mass is 347 g/mol. The molecule has 0 saturated carbocycles. The first-order valence-electron chi connectivity index (χ1n) is 7.40. The van der Waals surface area contributed by atoms with E-state index in [1.54, 1.807) is 18.2 Å².